The number of hydrogen-bond acceptors (Lipinski definition) is 5. The van der Waals surface area contributed by atoms with Crippen LogP contribution in [0.25, 0.3) is 10.9 Å². The number of benzene rings is 3. The third kappa shape index (κ3) is 8.60. The topological polar surface area (TPSA) is 105 Å². The zero-order valence-electron chi connectivity index (χ0n) is 23.6. The summed E-state index contributed by atoms with van der Waals surface area (Å²) in [7, 11) is -3.77. The van der Waals surface area contributed by atoms with Crippen LogP contribution >= 0.6 is 23.2 Å². The summed E-state index contributed by atoms with van der Waals surface area (Å²) < 4.78 is 31.6. The van der Waals surface area contributed by atoms with E-state index in [9.17, 15) is 18.0 Å². The summed E-state index contributed by atoms with van der Waals surface area (Å²) in [6.07, 6.45) is 1.91. The highest BCUT2D eigenvalue weighted by Crippen LogP contribution is 2.28. The summed E-state index contributed by atoms with van der Waals surface area (Å²) in [6.45, 7) is 4.19. The van der Waals surface area contributed by atoms with Gasteiger partial charge in [0.15, 0.2) is 15.6 Å². The molecule has 3 aromatic carbocycles. The predicted octanol–water partition coefficient (Wildman–Crippen LogP) is 6.45. The number of fused-ring (bicyclic) bond motifs is 1. The van der Waals surface area contributed by atoms with Gasteiger partial charge in [0, 0.05) is 33.9 Å². The molecule has 0 aliphatic carbocycles. The Morgan fingerprint density at radius 1 is 0.952 bits per heavy atom. The smallest absolute Gasteiger partial charge is 0.220 e. The van der Waals surface area contributed by atoms with Crippen LogP contribution in [-0.4, -0.2) is 49.7 Å². The fourth-order valence-electron chi connectivity index (χ4n) is 4.83. The fraction of sp³-hybridized carbons (Fsp3) is 0.312. The number of aryl methyl sites for hydroxylation is 4. The number of carbonyl (C=O) groups excluding carboxylic acids is 2. The number of rotatable bonds is 14. The SMILES string of the molecule is Cc1cc(OCCCc2c(C(=O)CS(=O)(=O)CCNC(=O)CCc3ccccc3)[nH]c3cc(Cl)ccc23)cc(C)c1Cl. The molecular weight excluding hydrogens is 595 g/mol. The van der Waals surface area contributed by atoms with Crippen LogP contribution in [0.3, 0.4) is 0 Å². The Morgan fingerprint density at radius 3 is 2.38 bits per heavy atom. The van der Waals surface area contributed by atoms with E-state index < -0.39 is 21.4 Å². The van der Waals surface area contributed by atoms with Crippen molar-refractivity contribution in [3.8, 4) is 5.75 Å². The molecule has 4 rings (SSSR count). The number of hydrogen-bond donors (Lipinski definition) is 2. The molecule has 4 aromatic rings. The summed E-state index contributed by atoms with van der Waals surface area (Å²) in [6, 6.07) is 18.6. The van der Waals surface area contributed by atoms with Gasteiger partial charge in [0.1, 0.15) is 11.5 Å². The Kier molecular flexibility index (Phi) is 10.7. The number of amides is 1. The van der Waals surface area contributed by atoms with Crippen LogP contribution in [0.4, 0.5) is 0 Å². The number of nitrogens with one attached hydrogen (secondary N) is 2. The first kappa shape index (κ1) is 31.6. The van der Waals surface area contributed by atoms with Crippen LogP contribution in [0.1, 0.15) is 45.6 Å². The summed E-state index contributed by atoms with van der Waals surface area (Å²) in [5, 5.41) is 4.67. The number of aromatic nitrogens is 1. The lowest BCUT2D eigenvalue weighted by molar-refractivity contribution is -0.120. The van der Waals surface area contributed by atoms with Crippen LogP contribution < -0.4 is 10.1 Å². The van der Waals surface area contributed by atoms with E-state index in [1.807, 2.05) is 62.4 Å². The molecule has 0 spiro atoms. The molecule has 0 aliphatic heterocycles. The van der Waals surface area contributed by atoms with Crippen LogP contribution in [0.2, 0.25) is 10.0 Å². The zero-order chi connectivity index (χ0) is 30.3. The number of ketones is 1. The lowest BCUT2D eigenvalue weighted by Gasteiger charge is -2.10. The van der Waals surface area contributed by atoms with E-state index in [2.05, 4.69) is 10.3 Å². The second-order valence-corrected chi connectivity index (χ2v) is 13.3. The molecule has 0 atom stereocenters. The maximum Gasteiger partial charge on any atom is 0.220 e. The molecule has 2 N–H and O–H groups in total. The van der Waals surface area contributed by atoms with Crippen molar-refractivity contribution in [2.24, 2.45) is 0 Å². The van der Waals surface area contributed by atoms with Crippen molar-refractivity contribution < 1.29 is 22.7 Å². The van der Waals surface area contributed by atoms with Crippen LogP contribution in [0.15, 0.2) is 60.7 Å². The second kappa shape index (κ2) is 14.2. The minimum Gasteiger partial charge on any atom is -0.494 e. The largest absolute Gasteiger partial charge is 0.494 e. The van der Waals surface area contributed by atoms with Crippen molar-refractivity contribution in [3.05, 3.63) is 98.7 Å². The van der Waals surface area contributed by atoms with Gasteiger partial charge >= 0.3 is 0 Å². The summed E-state index contributed by atoms with van der Waals surface area (Å²) in [4.78, 5) is 28.5. The number of Topliss-reactive ketones (excluding diaryl/α,β-unsaturated/α-hetero) is 1. The lowest BCUT2D eigenvalue weighted by Crippen LogP contribution is -2.31. The summed E-state index contributed by atoms with van der Waals surface area (Å²) >= 11 is 12.4. The Hall–Kier alpha value is -3.33. The van der Waals surface area contributed by atoms with Gasteiger partial charge in [-0.2, -0.15) is 0 Å². The fourth-order valence-corrected chi connectivity index (χ4v) is 6.22. The highest BCUT2D eigenvalue weighted by atomic mass is 35.5. The van der Waals surface area contributed by atoms with Crippen molar-refractivity contribution in [2.45, 2.75) is 39.5 Å². The number of sulfone groups is 1. The number of aromatic amines is 1. The maximum atomic E-state index is 13.3. The first-order valence-corrected chi connectivity index (χ1v) is 16.3. The molecular formula is C32H34Cl2N2O5S. The molecule has 0 saturated carbocycles. The molecule has 7 nitrogen and oxygen atoms in total. The van der Waals surface area contributed by atoms with Gasteiger partial charge in [-0.3, -0.25) is 9.59 Å². The van der Waals surface area contributed by atoms with E-state index in [0.29, 0.717) is 41.4 Å². The maximum absolute atomic E-state index is 13.3. The van der Waals surface area contributed by atoms with Crippen molar-refractivity contribution in [2.75, 3.05) is 24.7 Å². The molecule has 42 heavy (non-hydrogen) atoms. The second-order valence-electron chi connectivity index (χ2n) is 10.3. The van der Waals surface area contributed by atoms with Gasteiger partial charge in [0.25, 0.3) is 0 Å². The van der Waals surface area contributed by atoms with Crippen LogP contribution in [0.5, 0.6) is 5.75 Å². The van der Waals surface area contributed by atoms with E-state index in [1.165, 1.54) is 0 Å². The molecule has 1 heterocycles. The molecule has 1 aromatic heterocycles. The number of halogens is 2. The molecule has 1 amide bonds. The normalized spacial score (nSPS) is 11.5. The molecule has 0 bridgehead atoms. The Bertz CT molecular complexity index is 1660. The zero-order valence-corrected chi connectivity index (χ0v) is 26.0. The van der Waals surface area contributed by atoms with Gasteiger partial charge in [-0.1, -0.05) is 59.6 Å². The number of ether oxygens (including phenoxy) is 1. The first-order chi connectivity index (χ1) is 20.0. The third-order valence-corrected chi connectivity index (χ3v) is 9.33. The molecule has 0 radical (unpaired) electrons. The van der Waals surface area contributed by atoms with Gasteiger partial charge in [0.05, 0.1) is 18.1 Å². The highest BCUT2D eigenvalue weighted by Gasteiger charge is 2.23. The third-order valence-electron chi connectivity index (χ3n) is 6.97. The van der Waals surface area contributed by atoms with E-state index >= 15 is 0 Å². The van der Waals surface area contributed by atoms with Crippen molar-refractivity contribution in [3.63, 3.8) is 0 Å². The van der Waals surface area contributed by atoms with Gasteiger partial charge in [-0.05, 0) is 79.6 Å². The highest BCUT2D eigenvalue weighted by molar-refractivity contribution is 7.92. The monoisotopic (exact) mass is 628 g/mol. The van der Waals surface area contributed by atoms with Crippen molar-refractivity contribution in [1.82, 2.24) is 10.3 Å². The average Bonchev–Trinajstić information content (AvgIpc) is 3.30. The van der Waals surface area contributed by atoms with Gasteiger partial charge < -0.3 is 15.0 Å². The minimum absolute atomic E-state index is 0.0562. The molecule has 10 heteroatoms. The number of carbonyl (C=O) groups is 2. The summed E-state index contributed by atoms with van der Waals surface area (Å²) in [5.41, 5.74) is 4.53. The van der Waals surface area contributed by atoms with E-state index in [4.69, 9.17) is 27.9 Å². The Labute approximate surface area is 256 Å². The molecule has 222 valence electrons. The van der Waals surface area contributed by atoms with Crippen LogP contribution in [0, 0.1) is 13.8 Å². The molecule has 0 fully saturated rings. The Balaban J connectivity index is 1.36. The van der Waals surface area contributed by atoms with E-state index in [-0.39, 0.29) is 30.3 Å². The lowest BCUT2D eigenvalue weighted by atomic mass is 10.0. The summed E-state index contributed by atoms with van der Waals surface area (Å²) in [5.74, 6) is -1.04. The van der Waals surface area contributed by atoms with Crippen LogP contribution in [-0.2, 0) is 27.5 Å². The number of H-pyrrole nitrogens is 1. The molecule has 0 saturated heterocycles. The molecule has 0 aliphatic rings. The van der Waals surface area contributed by atoms with E-state index in [1.54, 1.807) is 12.1 Å². The predicted molar refractivity (Wildman–Crippen MR) is 169 cm³/mol. The van der Waals surface area contributed by atoms with Crippen molar-refractivity contribution >= 4 is 55.6 Å². The quantitative estimate of drug-likeness (QED) is 0.123. The van der Waals surface area contributed by atoms with E-state index in [0.717, 1.165) is 33.4 Å². The Morgan fingerprint density at radius 2 is 1.67 bits per heavy atom. The minimum atomic E-state index is -3.77. The van der Waals surface area contributed by atoms with Gasteiger partial charge in [-0.25, -0.2) is 8.42 Å². The van der Waals surface area contributed by atoms with Gasteiger partial charge in [0.2, 0.25) is 5.91 Å². The van der Waals surface area contributed by atoms with Crippen molar-refractivity contribution in [1.29, 1.82) is 0 Å². The first-order valence-electron chi connectivity index (χ1n) is 13.8. The van der Waals surface area contributed by atoms with Gasteiger partial charge in [-0.15, -0.1) is 0 Å². The molecule has 0 unspecified atom stereocenters. The average molecular weight is 630 g/mol. The standard InChI is InChI=1S/C32H34Cl2N2O5S/c1-21-17-25(18-22(2)31(21)34)41-15-6-9-27-26-12-11-24(33)19-28(26)36-32(27)29(37)20-42(39,40)16-14-35-30(38)13-10-23-7-4-3-5-8-23/h3-5,7-8,11-12,17-19,36H,6,9-10,13-16,20H2,1-2H3,(H,35,38).